The fraction of sp³-hybridized carbons (Fsp3) is 0. The van der Waals surface area contributed by atoms with Crippen LogP contribution in [0.5, 0.6) is 0 Å². The first-order chi connectivity index (χ1) is 9.45. The van der Waals surface area contributed by atoms with E-state index in [1.165, 1.54) is 12.7 Å². The summed E-state index contributed by atoms with van der Waals surface area (Å²) >= 11 is 0. The average molecular weight is 384 g/mol. The topological polar surface area (TPSA) is 67.3 Å². The molecular formula is C14H11Cl2CuN5. The van der Waals surface area contributed by atoms with E-state index in [9.17, 15) is 0 Å². The Morgan fingerprint density at radius 1 is 0.773 bits per heavy atom. The molecular weight excluding hydrogens is 373 g/mol. The van der Waals surface area contributed by atoms with Gasteiger partial charge in [-0.2, -0.15) is 5.10 Å². The molecule has 22 heavy (non-hydrogen) atoms. The van der Waals surface area contributed by atoms with Gasteiger partial charge >= 0.3 is 17.1 Å². The molecule has 0 aliphatic heterocycles. The Labute approximate surface area is 150 Å². The molecule has 0 spiro atoms. The van der Waals surface area contributed by atoms with E-state index in [2.05, 4.69) is 49.4 Å². The number of hydrogen-bond donors (Lipinski definition) is 1. The van der Waals surface area contributed by atoms with Crippen molar-refractivity contribution >= 4 is 21.8 Å². The van der Waals surface area contributed by atoms with Crippen LogP contribution in [0.25, 0.3) is 21.8 Å². The number of benzene rings is 1. The molecule has 0 amide bonds. The normalized spacial score (nSPS) is 8.73. The summed E-state index contributed by atoms with van der Waals surface area (Å²) in [6.07, 6.45) is 6.56. The van der Waals surface area contributed by atoms with Gasteiger partial charge in [0, 0.05) is 23.2 Å². The number of aromatic amines is 1. The third-order valence-corrected chi connectivity index (χ3v) is 2.68. The Morgan fingerprint density at radius 3 is 1.68 bits per heavy atom. The zero-order valence-electron chi connectivity index (χ0n) is 11.1. The third kappa shape index (κ3) is 4.64. The molecule has 5 nitrogen and oxygen atoms in total. The number of H-pyrrole nitrogens is 1. The first kappa shape index (κ1) is 20.3. The number of rotatable bonds is 0. The molecule has 0 fully saturated rings. The minimum absolute atomic E-state index is 0. The van der Waals surface area contributed by atoms with Crippen LogP contribution in [0.3, 0.4) is 0 Å². The standard InChI is InChI=1S/C12H8N2.C2H3N3.2ClH.Cu/c1-3-9-5-6-10-4-2-8-14-12(10)11(9)13-7-1;1-3-2-5-4-1;;;/h1-8H;1-2H,(H,3,4,5);2*1H;/q;;;;+2/p-2. The van der Waals surface area contributed by atoms with Gasteiger partial charge in [0.15, 0.2) is 0 Å². The Bertz CT molecular complexity index is 723. The zero-order valence-corrected chi connectivity index (χ0v) is 13.6. The molecule has 4 aromatic rings. The molecule has 1 N–H and O–H groups in total. The van der Waals surface area contributed by atoms with Crippen molar-refractivity contribution in [1.29, 1.82) is 0 Å². The minimum atomic E-state index is 0. The zero-order chi connectivity index (χ0) is 12.9. The van der Waals surface area contributed by atoms with E-state index >= 15 is 0 Å². The maximum absolute atomic E-state index is 4.35. The second-order valence-corrected chi connectivity index (χ2v) is 3.87. The van der Waals surface area contributed by atoms with E-state index in [1.54, 1.807) is 12.4 Å². The molecule has 0 atom stereocenters. The van der Waals surface area contributed by atoms with Crippen LogP contribution in [0.1, 0.15) is 0 Å². The summed E-state index contributed by atoms with van der Waals surface area (Å²) in [5.74, 6) is 0. The summed E-state index contributed by atoms with van der Waals surface area (Å²) in [7, 11) is 0. The molecule has 117 valence electrons. The van der Waals surface area contributed by atoms with Gasteiger partial charge in [-0.15, -0.1) is 0 Å². The molecule has 0 aliphatic carbocycles. The van der Waals surface area contributed by atoms with Gasteiger partial charge in [-0.05, 0) is 12.1 Å². The van der Waals surface area contributed by atoms with E-state index in [0.29, 0.717) is 0 Å². The predicted octanol–water partition coefficient (Wildman–Crippen LogP) is -3.41. The van der Waals surface area contributed by atoms with Crippen LogP contribution in [0, 0.1) is 0 Å². The van der Waals surface area contributed by atoms with E-state index in [-0.39, 0.29) is 41.9 Å². The van der Waals surface area contributed by atoms with Crippen LogP contribution in [-0.2, 0) is 17.1 Å². The smallest absolute Gasteiger partial charge is 1.00 e. The van der Waals surface area contributed by atoms with Crippen molar-refractivity contribution in [2.24, 2.45) is 0 Å². The van der Waals surface area contributed by atoms with E-state index in [4.69, 9.17) is 0 Å². The number of pyridine rings is 2. The molecule has 3 heterocycles. The third-order valence-electron chi connectivity index (χ3n) is 2.68. The van der Waals surface area contributed by atoms with Crippen LogP contribution >= 0.6 is 0 Å². The fourth-order valence-electron chi connectivity index (χ4n) is 1.85. The monoisotopic (exact) mass is 382 g/mol. The second-order valence-electron chi connectivity index (χ2n) is 3.87. The number of hydrogen-bond acceptors (Lipinski definition) is 4. The summed E-state index contributed by atoms with van der Waals surface area (Å²) in [6, 6.07) is 12.1. The van der Waals surface area contributed by atoms with Gasteiger partial charge in [-0.1, -0.05) is 24.3 Å². The van der Waals surface area contributed by atoms with Crippen LogP contribution in [-0.4, -0.2) is 25.1 Å². The van der Waals surface area contributed by atoms with Crippen LogP contribution in [0.15, 0.2) is 61.4 Å². The van der Waals surface area contributed by atoms with Crippen molar-refractivity contribution in [1.82, 2.24) is 25.1 Å². The molecule has 0 unspecified atom stereocenters. The van der Waals surface area contributed by atoms with Crippen molar-refractivity contribution in [3.05, 3.63) is 61.4 Å². The van der Waals surface area contributed by atoms with Gasteiger partial charge in [0.1, 0.15) is 12.7 Å². The van der Waals surface area contributed by atoms with Gasteiger partial charge in [-0.3, -0.25) is 15.1 Å². The summed E-state index contributed by atoms with van der Waals surface area (Å²) in [5, 5.41) is 8.26. The predicted molar refractivity (Wildman–Crippen MR) is 73.4 cm³/mol. The Kier molecular flexibility index (Phi) is 9.29. The Morgan fingerprint density at radius 2 is 1.32 bits per heavy atom. The molecule has 0 aliphatic rings. The molecule has 0 bridgehead atoms. The quantitative estimate of drug-likeness (QED) is 0.254. The first-order valence-electron chi connectivity index (χ1n) is 5.82. The van der Waals surface area contributed by atoms with Crippen molar-refractivity contribution < 1.29 is 41.9 Å². The van der Waals surface area contributed by atoms with Crippen LogP contribution in [0.4, 0.5) is 0 Å². The minimum Gasteiger partial charge on any atom is -1.00 e. The Hall–Kier alpha value is -1.72. The maximum Gasteiger partial charge on any atom is 2.00 e. The summed E-state index contributed by atoms with van der Waals surface area (Å²) in [4.78, 5) is 12.2. The first-order valence-corrected chi connectivity index (χ1v) is 5.82. The summed E-state index contributed by atoms with van der Waals surface area (Å²) in [6.45, 7) is 0. The van der Waals surface area contributed by atoms with Crippen LogP contribution < -0.4 is 24.8 Å². The van der Waals surface area contributed by atoms with Crippen LogP contribution in [0.2, 0.25) is 0 Å². The SMILES string of the molecule is [Cl-].[Cl-].[Cu+2].c1cnc2c(c1)ccc1cccnc12.c1nc[nH]n1. The molecule has 0 saturated carbocycles. The van der Waals surface area contributed by atoms with Crippen molar-refractivity contribution in [2.75, 3.05) is 0 Å². The number of nitrogens with zero attached hydrogens (tertiary/aromatic N) is 4. The van der Waals surface area contributed by atoms with Crippen molar-refractivity contribution in [2.45, 2.75) is 0 Å². The molecule has 8 heteroatoms. The number of aromatic nitrogens is 5. The van der Waals surface area contributed by atoms with Gasteiger partial charge in [-0.25, -0.2) is 4.98 Å². The summed E-state index contributed by atoms with van der Waals surface area (Å²) < 4.78 is 0. The van der Waals surface area contributed by atoms with Gasteiger partial charge in [0.2, 0.25) is 0 Å². The molecule has 0 saturated heterocycles. The Balaban J connectivity index is 0.000000482. The molecule has 4 rings (SSSR count). The van der Waals surface area contributed by atoms with Gasteiger partial charge < -0.3 is 24.8 Å². The summed E-state index contributed by atoms with van der Waals surface area (Å²) in [5.41, 5.74) is 1.95. The molecule has 3 aromatic heterocycles. The largest absolute Gasteiger partial charge is 2.00 e. The van der Waals surface area contributed by atoms with Crippen molar-refractivity contribution in [3.63, 3.8) is 0 Å². The second kappa shape index (κ2) is 10.1. The number of halogens is 2. The van der Waals surface area contributed by atoms with E-state index in [0.717, 1.165) is 21.8 Å². The molecule has 1 aromatic carbocycles. The van der Waals surface area contributed by atoms with Gasteiger partial charge in [0.25, 0.3) is 0 Å². The van der Waals surface area contributed by atoms with E-state index < -0.39 is 0 Å². The average Bonchev–Trinajstić information content (AvgIpc) is 3.07. The van der Waals surface area contributed by atoms with Crippen molar-refractivity contribution in [3.8, 4) is 0 Å². The van der Waals surface area contributed by atoms with E-state index in [1.807, 2.05) is 12.1 Å². The fourth-order valence-corrected chi connectivity index (χ4v) is 1.85. The maximum atomic E-state index is 4.35. The van der Waals surface area contributed by atoms with Gasteiger partial charge in [0.05, 0.1) is 11.0 Å². The molecule has 1 radical (unpaired) electrons. The number of nitrogens with one attached hydrogen (secondary N) is 1. The number of fused-ring (bicyclic) bond motifs is 3.